The smallest absolute Gasteiger partial charge is 0.381 e. The summed E-state index contributed by atoms with van der Waals surface area (Å²) >= 11 is 0. The number of ether oxygens (including phenoxy) is 1. The second kappa shape index (κ2) is 8.68. The number of anilines is 2. The van der Waals surface area contributed by atoms with Gasteiger partial charge in [0.1, 0.15) is 11.6 Å². The van der Waals surface area contributed by atoms with Crippen molar-refractivity contribution in [2.24, 2.45) is 5.92 Å². The molecule has 0 saturated carbocycles. The van der Waals surface area contributed by atoms with Crippen molar-refractivity contribution in [2.45, 2.75) is 19.0 Å². The monoisotopic (exact) mass is 416 g/mol. The maximum absolute atomic E-state index is 13.7. The van der Waals surface area contributed by atoms with Crippen LogP contribution in [0.25, 0.3) is 0 Å². The van der Waals surface area contributed by atoms with E-state index in [0.717, 1.165) is 18.2 Å². The van der Waals surface area contributed by atoms with Crippen LogP contribution in [0.5, 0.6) is 0 Å². The van der Waals surface area contributed by atoms with Crippen LogP contribution in [0.4, 0.5) is 33.6 Å². The van der Waals surface area contributed by atoms with Gasteiger partial charge in [0.15, 0.2) is 5.69 Å². The summed E-state index contributed by atoms with van der Waals surface area (Å²) in [6.45, 7) is 1.27. The number of halogens is 5. The topological polar surface area (TPSA) is 76.1 Å². The van der Waals surface area contributed by atoms with Crippen LogP contribution in [0.15, 0.2) is 24.4 Å². The fourth-order valence-corrected chi connectivity index (χ4v) is 2.82. The molecule has 0 radical (unpaired) electrons. The molecule has 1 aliphatic rings. The predicted octanol–water partition coefficient (Wildman–Crippen LogP) is 3.67. The number of amides is 1. The van der Waals surface area contributed by atoms with Gasteiger partial charge in [0.05, 0.1) is 11.3 Å². The van der Waals surface area contributed by atoms with E-state index in [1.54, 1.807) is 0 Å². The molecule has 0 unspecified atom stereocenters. The second-order valence-corrected chi connectivity index (χ2v) is 6.47. The van der Waals surface area contributed by atoms with Gasteiger partial charge in [-0.3, -0.25) is 4.79 Å². The molecule has 2 aromatic rings. The highest BCUT2D eigenvalue weighted by atomic mass is 19.4. The van der Waals surface area contributed by atoms with Crippen LogP contribution in [0.2, 0.25) is 0 Å². The number of rotatable bonds is 5. The fraction of sp³-hybridized carbons (Fsp3) is 0.389. The zero-order valence-corrected chi connectivity index (χ0v) is 15.0. The Morgan fingerprint density at radius 2 is 1.93 bits per heavy atom. The third kappa shape index (κ3) is 5.37. The van der Waals surface area contributed by atoms with E-state index in [2.05, 4.69) is 20.6 Å². The molecule has 29 heavy (non-hydrogen) atoms. The highest BCUT2D eigenvalue weighted by Crippen LogP contribution is 2.31. The lowest BCUT2D eigenvalue weighted by molar-refractivity contribution is -0.141. The van der Waals surface area contributed by atoms with Crippen molar-refractivity contribution in [3.05, 3.63) is 47.3 Å². The first kappa shape index (κ1) is 20.9. The van der Waals surface area contributed by atoms with Gasteiger partial charge in [-0.25, -0.2) is 18.7 Å². The third-order valence-electron chi connectivity index (χ3n) is 4.37. The van der Waals surface area contributed by atoms with E-state index < -0.39 is 46.6 Å². The van der Waals surface area contributed by atoms with Crippen molar-refractivity contribution >= 4 is 17.5 Å². The maximum atomic E-state index is 13.7. The summed E-state index contributed by atoms with van der Waals surface area (Å²) in [7, 11) is 0. The average molecular weight is 416 g/mol. The van der Waals surface area contributed by atoms with E-state index >= 15 is 0 Å². The molecule has 2 N–H and O–H groups in total. The summed E-state index contributed by atoms with van der Waals surface area (Å²) < 4.78 is 72.4. The zero-order valence-electron chi connectivity index (χ0n) is 15.0. The minimum atomic E-state index is -4.95. The molecular weight excluding hydrogens is 399 g/mol. The predicted molar refractivity (Wildman–Crippen MR) is 92.6 cm³/mol. The SMILES string of the molecule is O=C(NCC1CCOCC1)c1cnc(Nc2cc(F)ccc2F)nc1C(F)(F)F. The molecule has 1 saturated heterocycles. The first-order chi connectivity index (χ1) is 13.7. The van der Waals surface area contributed by atoms with Crippen LogP contribution in [-0.4, -0.2) is 35.6 Å². The van der Waals surface area contributed by atoms with Gasteiger partial charge < -0.3 is 15.4 Å². The van der Waals surface area contributed by atoms with Gasteiger partial charge in [0.2, 0.25) is 5.95 Å². The van der Waals surface area contributed by atoms with Crippen LogP contribution in [-0.2, 0) is 10.9 Å². The summed E-state index contributed by atoms with van der Waals surface area (Å²) in [6, 6.07) is 2.41. The van der Waals surface area contributed by atoms with Gasteiger partial charge in [-0.05, 0) is 30.9 Å². The quantitative estimate of drug-likeness (QED) is 0.728. The van der Waals surface area contributed by atoms with Gasteiger partial charge >= 0.3 is 6.18 Å². The lowest BCUT2D eigenvalue weighted by atomic mass is 10.0. The first-order valence-corrected chi connectivity index (χ1v) is 8.76. The molecule has 156 valence electrons. The molecule has 1 fully saturated rings. The minimum Gasteiger partial charge on any atom is -0.381 e. The lowest BCUT2D eigenvalue weighted by Gasteiger charge is -2.22. The van der Waals surface area contributed by atoms with Crippen molar-refractivity contribution in [3.63, 3.8) is 0 Å². The van der Waals surface area contributed by atoms with Crippen LogP contribution >= 0.6 is 0 Å². The molecule has 3 rings (SSSR count). The number of hydrogen-bond donors (Lipinski definition) is 2. The number of hydrogen-bond acceptors (Lipinski definition) is 5. The van der Waals surface area contributed by atoms with E-state index in [4.69, 9.17) is 4.74 Å². The zero-order chi connectivity index (χ0) is 21.0. The molecule has 2 heterocycles. The number of carbonyl (C=O) groups is 1. The normalized spacial score (nSPS) is 15.2. The Morgan fingerprint density at radius 1 is 1.21 bits per heavy atom. The van der Waals surface area contributed by atoms with Crippen molar-refractivity contribution in [1.29, 1.82) is 0 Å². The van der Waals surface area contributed by atoms with E-state index in [-0.39, 0.29) is 12.5 Å². The summed E-state index contributed by atoms with van der Waals surface area (Å²) in [5.74, 6) is -3.18. The molecule has 1 aliphatic heterocycles. The highest BCUT2D eigenvalue weighted by Gasteiger charge is 2.38. The molecule has 1 aromatic heterocycles. The average Bonchev–Trinajstić information content (AvgIpc) is 2.69. The van der Waals surface area contributed by atoms with Crippen LogP contribution in [0, 0.1) is 17.6 Å². The molecule has 1 amide bonds. The number of nitrogens with one attached hydrogen (secondary N) is 2. The van der Waals surface area contributed by atoms with E-state index in [0.29, 0.717) is 32.3 Å². The number of aromatic nitrogens is 2. The van der Waals surface area contributed by atoms with E-state index in [1.165, 1.54) is 0 Å². The molecule has 0 aliphatic carbocycles. The summed E-state index contributed by atoms with van der Waals surface area (Å²) in [5, 5.41) is 4.65. The molecule has 11 heteroatoms. The standard InChI is InChI=1S/C18H17F5N4O2/c19-11-1-2-13(20)14(7-11)26-17-25-9-12(15(27-17)18(21,22)23)16(28)24-8-10-3-5-29-6-4-10/h1-2,7,9-10H,3-6,8H2,(H,24,28)(H,25,26,27). The van der Waals surface area contributed by atoms with Crippen molar-refractivity contribution in [1.82, 2.24) is 15.3 Å². The Kier molecular flexibility index (Phi) is 6.26. The Morgan fingerprint density at radius 3 is 2.62 bits per heavy atom. The summed E-state index contributed by atoms with van der Waals surface area (Å²) in [4.78, 5) is 19.2. The van der Waals surface area contributed by atoms with Gasteiger partial charge in [-0.2, -0.15) is 13.2 Å². The van der Waals surface area contributed by atoms with Crippen molar-refractivity contribution < 1.29 is 31.5 Å². The first-order valence-electron chi connectivity index (χ1n) is 8.76. The Labute approximate surface area is 162 Å². The van der Waals surface area contributed by atoms with E-state index in [1.807, 2.05) is 0 Å². The van der Waals surface area contributed by atoms with Crippen LogP contribution < -0.4 is 10.6 Å². The van der Waals surface area contributed by atoms with Crippen molar-refractivity contribution in [3.8, 4) is 0 Å². The molecule has 6 nitrogen and oxygen atoms in total. The van der Waals surface area contributed by atoms with Gasteiger partial charge in [-0.15, -0.1) is 0 Å². The largest absolute Gasteiger partial charge is 0.434 e. The van der Waals surface area contributed by atoms with Crippen molar-refractivity contribution in [2.75, 3.05) is 25.1 Å². The Balaban J connectivity index is 1.80. The number of nitrogens with zero attached hydrogens (tertiary/aromatic N) is 2. The van der Waals surface area contributed by atoms with Crippen LogP contribution in [0.1, 0.15) is 28.9 Å². The number of benzene rings is 1. The number of alkyl halides is 3. The molecule has 0 bridgehead atoms. The lowest BCUT2D eigenvalue weighted by Crippen LogP contribution is -2.33. The fourth-order valence-electron chi connectivity index (χ4n) is 2.82. The van der Waals surface area contributed by atoms with Gasteiger partial charge in [0.25, 0.3) is 5.91 Å². The Hall–Kier alpha value is -2.82. The second-order valence-electron chi connectivity index (χ2n) is 6.47. The molecule has 1 aromatic carbocycles. The molecule has 0 atom stereocenters. The van der Waals surface area contributed by atoms with E-state index in [9.17, 15) is 26.7 Å². The van der Waals surface area contributed by atoms with Gasteiger partial charge in [-0.1, -0.05) is 0 Å². The third-order valence-corrected chi connectivity index (χ3v) is 4.37. The highest BCUT2D eigenvalue weighted by molar-refractivity contribution is 5.95. The molecular formula is C18H17F5N4O2. The number of carbonyl (C=O) groups excluding carboxylic acids is 1. The van der Waals surface area contributed by atoms with Gasteiger partial charge in [0, 0.05) is 32.0 Å². The molecule has 0 spiro atoms. The summed E-state index contributed by atoms with van der Waals surface area (Å²) in [6.07, 6.45) is -2.85. The minimum absolute atomic E-state index is 0.111. The maximum Gasteiger partial charge on any atom is 0.434 e. The Bertz CT molecular complexity index is 885. The summed E-state index contributed by atoms with van der Waals surface area (Å²) in [5.41, 5.74) is -2.67. The van der Waals surface area contributed by atoms with Crippen LogP contribution in [0.3, 0.4) is 0 Å².